The predicted molar refractivity (Wildman–Crippen MR) is 104 cm³/mol. The van der Waals surface area contributed by atoms with Crippen molar-refractivity contribution in [2.75, 3.05) is 32.2 Å². The Bertz CT molecular complexity index is 777. The van der Waals surface area contributed by atoms with Crippen molar-refractivity contribution in [3.05, 3.63) is 18.2 Å². The van der Waals surface area contributed by atoms with Gasteiger partial charge in [0.25, 0.3) is 0 Å². The standard InChI is InChI=1S/C17H25N3O5S.ClH/c1-24-15-5-4-13(26(22,23)20-12-2-3-12)10-14(15)19-16(21)17(11-18)6-8-25-9-7-17;/h4-5,10,12,20H,2-3,6-9,11,18H2,1H3,(H,19,21);1H. The molecule has 1 saturated carbocycles. The number of carbonyl (C=O) groups excluding carboxylic acids is 1. The number of methoxy groups -OCH3 is 1. The van der Waals surface area contributed by atoms with Crippen molar-refractivity contribution in [3.63, 3.8) is 0 Å². The molecule has 8 nitrogen and oxygen atoms in total. The van der Waals surface area contributed by atoms with E-state index >= 15 is 0 Å². The van der Waals surface area contributed by atoms with Gasteiger partial charge < -0.3 is 20.5 Å². The fourth-order valence-corrected chi connectivity index (χ4v) is 4.31. The number of anilines is 1. The summed E-state index contributed by atoms with van der Waals surface area (Å²) in [5.41, 5.74) is 5.47. The summed E-state index contributed by atoms with van der Waals surface area (Å²) in [5.74, 6) is 0.147. The molecule has 1 amide bonds. The number of nitrogens with two attached hydrogens (primary N) is 1. The van der Waals surface area contributed by atoms with Gasteiger partial charge in [-0.3, -0.25) is 4.79 Å². The maximum absolute atomic E-state index is 12.9. The Hall–Kier alpha value is -1.39. The second-order valence-corrected chi connectivity index (χ2v) is 8.52. The molecule has 0 aromatic heterocycles. The third-order valence-electron chi connectivity index (χ3n) is 4.95. The van der Waals surface area contributed by atoms with Gasteiger partial charge in [0.15, 0.2) is 0 Å². The lowest BCUT2D eigenvalue weighted by Crippen LogP contribution is -2.46. The van der Waals surface area contributed by atoms with E-state index in [1.54, 1.807) is 0 Å². The molecule has 0 unspecified atom stereocenters. The molecule has 0 radical (unpaired) electrons. The van der Waals surface area contributed by atoms with Gasteiger partial charge in [0.2, 0.25) is 15.9 Å². The highest BCUT2D eigenvalue weighted by Gasteiger charge is 2.39. The summed E-state index contributed by atoms with van der Waals surface area (Å²) in [6.07, 6.45) is 2.75. The number of sulfonamides is 1. The number of carbonyl (C=O) groups is 1. The fourth-order valence-electron chi connectivity index (χ4n) is 2.98. The summed E-state index contributed by atoms with van der Waals surface area (Å²) in [6, 6.07) is 4.43. The maximum atomic E-state index is 12.9. The first-order valence-corrected chi connectivity index (χ1v) is 10.2. The highest BCUT2D eigenvalue weighted by Crippen LogP contribution is 2.34. The normalized spacial score (nSPS) is 19.0. The van der Waals surface area contributed by atoms with E-state index in [2.05, 4.69) is 10.0 Å². The van der Waals surface area contributed by atoms with Crippen molar-refractivity contribution in [3.8, 4) is 5.75 Å². The Morgan fingerprint density at radius 1 is 1.33 bits per heavy atom. The minimum Gasteiger partial charge on any atom is -0.495 e. The number of hydrogen-bond acceptors (Lipinski definition) is 6. The number of hydrogen-bond donors (Lipinski definition) is 3. The van der Waals surface area contributed by atoms with Crippen LogP contribution in [0.5, 0.6) is 5.75 Å². The summed E-state index contributed by atoms with van der Waals surface area (Å²) >= 11 is 0. The van der Waals surface area contributed by atoms with Crippen LogP contribution in [0.15, 0.2) is 23.1 Å². The number of benzene rings is 1. The molecule has 1 aromatic rings. The molecule has 3 rings (SSSR count). The van der Waals surface area contributed by atoms with Gasteiger partial charge in [-0.05, 0) is 43.9 Å². The van der Waals surface area contributed by atoms with Crippen molar-refractivity contribution in [2.24, 2.45) is 11.1 Å². The first-order valence-electron chi connectivity index (χ1n) is 8.70. The molecule has 152 valence electrons. The molecule has 1 heterocycles. The van der Waals surface area contributed by atoms with E-state index in [-0.39, 0.29) is 35.8 Å². The van der Waals surface area contributed by atoms with Crippen LogP contribution < -0.4 is 20.5 Å². The van der Waals surface area contributed by atoms with E-state index in [4.69, 9.17) is 15.2 Å². The topological polar surface area (TPSA) is 120 Å². The zero-order chi connectivity index (χ0) is 18.8. The molecular weight excluding hydrogens is 394 g/mol. The third kappa shape index (κ3) is 4.91. The largest absolute Gasteiger partial charge is 0.495 e. The smallest absolute Gasteiger partial charge is 0.240 e. The van der Waals surface area contributed by atoms with Crippen molar-refractivity contribution >= 4 is 34.0 Å². The van der Waals surface area contributed by atoms with Gasteiger partial charge in [-0.1, -0.05) is 0 Å². The molecule has 1 aromatic carbocycles. The van der Waals surface area contributed by atoms with E-state index in [1.807, 2.05) is 0 Å². The lowest BCUT2D eigenvalue weighted by molar-refractivity contribution is -0.130. The van der Waals surface area contributed by atoms with Gasteiger partial charge in [0.1, 0.15) is 5.75 Å². The van der Waals surface area contributed by atoms with E-state index in [0.717, 1.165) is 12.8 Å². The van der Waals surface area contributed by atoms with Crippen LogP contribution in [0.4, 0.5) is 5.69 Å². The molecule has 2 fully saturated rings. The van der Waals surface area contributed by atoms with Gasteiger partial charge in [0, 0.05) is 25.8 Å². The molecule has 0 atom stereocenters. The van der Waals surface area contributed by atoms with Crippen LogP contribution in [0, 0.1) is 5.41 Å². The lowest BCUT2D eigenvalue weighted by Gasteiger charge is -2.34. The molecule has 1 aliphatic carbocycles. The van der Waals surface area contributed by atoms with Crippen molar-refractivity contribution in [2.45, 2.75) is 36.6 Å². The Morgan fingerprint density at radius 2 is 2.00 bits per heavy atom. The van der Waals surface area contributed by atoms with Gasteiger partial charge in [-0.15, -0.1) is 12.4 Å². The molecule has 1 saturated heterocycles. The Balaban J connectivity index is 0.00000261. The lowest BCUT2D eigenvalue weighted by atomic mass is 9.79. The maximum Gasteiger partial charge on any atom is 0.240 e. The number of amides is 1. The summed E-state index contributed by atoms with van der Waals surface area (Å²) in [7, 11) is -2.16. The quantitative estimate of drug-likeness (QED) is 0.611. The summed E-state index contributed by atoms with van der Waals surface area (Å²) in [4.78, 5) is 13.0. The average molecular weight is 420 g/mol. The van der Waals surface area contributed by atoms with Crippen LogP contribution in [0.3, 0.4) is 0 Å². The van der Waals surface area contributed by atoms with Crippen molar-refractivity contribution in [1.29, 1.82) is 0 Å². The summed E-state index contributed by atoms with van der Waals surface area (Å²) in [6.45, 7) is 1.15. The van der Waals surface area contributed by atoms with Gasteiger partial charge in [-0.2, -0.15) is 0 Å². The average Bonchev–Trinajstić information content (AvgIpc) is 3.45. The molecular formula is C17H26ClN3O5S. The first kappa shape index (κ1) is 21.9. The number of nitrogens with one attached hydrogen (secondary N) is 2. The Morgan fingerprint density at radius 3 is 2.56 bits per heavy atom. The van der Waals surface area contributed by atoms with Crippen LogP contribution in [0.1, 0.15) is 25.7 Å². The highest BCUT2D eigenvalue weighted by atomic mass is 35.5. The number of halogens is 1. The summed E-state index contributed by atoms with van der Waals surface area (Å²) < 4.78 is 38.1. The van der Waals surface area contributed by atoms with E-state index in [9.17, 15) is 13.2 Å². The van der Waals surface area contributed by atoms with Gasteiger partial charge in [0.05, 0.1) is 23.1 Å². The predicted octanol–water partition coefficient (Wildman–Crippen LogP) is 1.25. The monoisotopic (exact) mass is 419 g/mol. The molecule has 27 heavy (non-hydrogen) atoms. The second kappa shape index (κ2) is 8.74. The minimum absolute atomic E-state index is 0. The molecule has 0 spiro atoms. The molecule has 4 N–H and O–H groups in total. The molecule has 0 bridgehead atoms. The zero-order valence-electron chi connectivity index (χ0n) is 15.2. The SMILES string of the molecule is COc1ccc(S(=O)(=O)NC2CC2)cc1NC(=O)C1(CN)CCOCC1.Cl. The first-order chi connectivity index (χ1) is 12.4. The number of ether oxygens (including phenoxy) is 2. The van der Waals surface area contributed by atoms with E-state index in [1.165, 1.54) is 25.3 Å². The van der Waals surface area contributed by atoms with Crippen LogP contribution >= 0.6 is 12.4 Å². The van der Waals surface area contributed by atoms with Crippen LogP contribution in [0.25, 0.3) is 0 Å². The summed E-state index contributed by atoms with van der Waals surface area (Å²) in [5, 5.41) is 2.81. The van der Waals surface area contributed by atoms with Crippen LogP contribution in [0.2, 0.25) is 0 Å². The highest BCUT2D eigenvalue weighted by molar-refractivity contribution is 7.89. The van der Waals surface area contributed by atoms with Crippen LogP contribution in [-0.4, -0.2) is 47.2 Å². The second-order valence-electron chi connectivity index (χ2n) is 6.81. The van der Waals surface area contributed by atoms with Gasteiger partial charge in [-0.25, -0.2) is 13.1 Å². The van der Waals surface area contributed by atoms with E-state index in [0.29, 0.717) is 37.5 Å². The van der Waals surface area contributed by atoms with Crippen molar-refractivity contribution < 1.29 is 22.7 Å². The Labute approximate surface area is 165 Å². The van der Waals surface area contributed by atoms with E-state index < -0.39 is 15.4 Å². The van der Waals surface area contributed by atoms with Gasteiger partial charge >= 0.3 is 0 Å². The molecule has 10 heteroatoms. The number of rotatable bonds is 7. The van der Waals surface area contributed by atoms with Crippen molar-refractivity contribution in [1.82, 2.24) is 4.72 Å². The minimum atomic E-state index is -3.63. The Kier molecular flexibility index (Phi) is 7.09. The molecule has 1 aliphatic heterocycles. The third-order valence-corrected chi connectivity index (χ3v) is 6.47. The van der Waals surface area contributed by atoms with Crippen LogP contribution in [-0.2, 0) is 19.6 Å². The molecule has 2 aliphatic rings. The fraction of sp³-hybridized carbons (Fsp3) is 0.588. The zero-order valence-corrected chi connectivity index (χ0v) is 16.8.